The third-order valence-corrected chi connectivity index (χ3v) is 3.50. The maximum absolute atomic E-state index is 5.98. The van der Waals surface area contributed by atoms with Gasteiger partial charge in [-0.3, -0.25) is 0 Å². The Balaban J connectivity index is 1.70. The standard InChI is InChI=1S/C17H14N6/c18-16-21-17(20-14-8-2-1-3-9-14)22-23(16)15-10-12-6-4-5-7-13(12)11-19-15/h1-11H,(H3,18,20,21,22). The van der Waals surface area contributed by atoms with Gasteiger partial charge in [0.05, 0.1) is 0 Å². The van der Waals surface area contributed by atoms with Gasteiger partial charge in [0.2, 0.25) is 11.9 Å². The lowest BCUT2D eigenvalue weighted by Crippen LogP contribution is -2.04. The maximum atomic E-state index is 5.98. The van der Waals surface area contributed by atoms with Gasteiger partial charge in [0.25, 0.3) is 0 Å². The summed E-state index contributed by atoms with van der Waals surface area (Å²) in [5, 5.41) is 9.65. The first-order valence-corrected chi connectivity index (χ1v) is 7.19. The van der Waals surface area contributed by atoms with Crippen LogP contribution in [-0.4, -0.2) is 19.7 Å². The highest BCUT2D eigenvalue weighted by Gasteiger charge is 2.10. The average molecular weight is 302 g/mol. The first kappa shape index (κ1) is 13.3. The fourth-order valence-electron chi connectivity index (χ4n) is 2.38. The number of rotatable bonds is 3. The van der Waals surface area contributed by atoms with Crippen molar-refractivity contribution in [1.82, 2.24) is 19.7 Å². The summed E-state index contributed by atoms with van der Waals surface area (Å²) in [6.07, 6.45) is 1.80. The zero-order chi connectivity index (χ0) is 15.6. The van der Waals surface area contributed by atoms with Gasteiger partial charge in [-0.1, -0.05) is 42.5 Å². The molecule has 0 saturated heterocycles. The molecule has 3 N–H and O–H groups in total. The Morgan fingerprint density at radius 1 is 0.913 bits per heavy atom. The zero-order valence-electron chi connectivity index (χ0n) is 12.2. The second kappa shape index (κ2) is 5.42. The van der Waals surface area contributed by atoms with E-state index in [1.165, 1.54) is 4.68 Å². The monoisotopic (exact) mass is 302 g/mol. The summed E-state index contributed by atoms with van der Waals surface area (Å²) in [5.41, 5.74) is 6.88. The van der Waals surface area contributed by atoms with E-state index < -0.39 is 0 Å². The molecule has 6 nitrogen and oxygen atoms in total. The number of para-hydroxylation sites is 1. The lowest BCUT2D eigenvalue weighted by molar-refractivity contribution is 0.862. The van der Waals surface area contributed by atoms with Crippen LogP contribution in [-0.2, 0) is 0 Å². The van der Waals surface area contributed by atoms with Crippen molar-refractivity contribution in [2.45, 2.75) is 0 Å². The first-order chi connectivity index (χ1) is 11.3. The summed E-state index contributed by atoms with van der Waals surface area (Å²) in [4.78, 5) is 8.65. The SMILES string of the molecule is Nc1nc(Nc2ccccc2)nn1-c1cc2ccccc2cn1. The molecule has 0 atom stereocenters. The predicted octanol–water partition coefficient (Wildman–Crippen LogP) is 3.14. The van der Waals surface area contributed by atoms with E-state index >= 15 is 0 Å². The number of nitrogen functional groups attached to an aromatic ring is 1. The molecule has 0 aliphatic carbocycles. The second-order valence-corrected chi connectivity index (χ2v) is 5.09. The number of nitrogens with one attached hydrogen (secondary N) is 1. The van der Waals surface area contributed by atoms with E-state index in [1.807, 2.05) is 60.7 Å². The molecule has 0 fully saturated rings. The number of hydrogen-bond acceptors (Lipinski definition) is 5. The lowest BCUT2D eigenvalue weighted by Gasteiger charge is -2.03. The van der Waals surface area contributed by atoms with Gasteiger partial charge >= 0.3 is 0 Å². The number of pyridine rings is 1. The van der Waals surface area contributed by atoms with Crippen molar-refractivity contribution in [2.24, 2.45) is 0 Å². The number of benzene rings is 2. The fraction of sp³-hybridized carbons (Fsp3) is 0. The van der Waals surface area contributed by atoms with Gasteiger partial charge in [-0.2, -0.15) is 9.67 Å². The normalized spacial score (nSPS) is 10.8. The fourth-order valence-corrected chi connectivity index (χ4v) is 2.38. The van der Waals surface area contributed by atoms with Crippen LogP contribution in [0.15, 0.2) is 66.9 Å². The van der Waals surface area contributed by atoms with Gasteiger partial charge in [-0.05, 0) is 23.6 Å². The Bertz CT molecular complexity index is 961. The van der Waals surface area contributed by atoms with Gasteiger partial charge in [0.15, 0.2) is 5.82 Å². The van der Waals surface area contributed by atoms with Crippen molar-refractivity contribution >= 4 is 28.4 Å². The molecule has 23 heavy (non-hydrogen) atoms. The van der Waals surface area contributed by atoms with Crippen molar-refractivity contribution in [3.05, 3.63) is 66.9 Å². The first-order valence-electron chi connectivity index (χ1n) is 7.19. The van der Waals surface area contributed by atoms with E-state index in [1.54, 1.807) is 6.20 Å². The summed E-state index contributed by atoms with van der Waals surface area (Å²) >= 11 is 0. The van der Waals surface area contributed by atoms with Gasteiger partial charge in [-0.25, -0.2) is 4.98 Å². The largest absolute Gasteiger partial charge is 0.368 e. The minimum atomic E-state index is 0.284. The highest BCUT2D eigenvalue weighted by atomic mass is 15.4. The van der Waals surface area contributed by atoms with Crippen LogP contribution in [0.3, 0.4) is 0 Å². The summed E-state index contributed by atoms with van der Waals surface area (Å²) in [6, 6.07) is 19.6. The minimum absolute atomic E-state index is 0.284. The van der Waals surface area contributed by atoms with E-state index in [9.17, 15) is 0 Å². The van der Waals surface area contributed by atoms with Crippen molar-refractivity contribution in [3.8, 4) is 5.82 Å². The average Bonchev–Trinajstić information content (AvgIpc) is 2.95. The summed E-state index contributed by atoms with van der Waals surface area (Å²) in [6.45, 7) is 0. The Morgan fingerprint density at radius 3 is 2.48 bits per heavy atom. The molecule has 6 heteroatoms. The summed E-state index contributed by atoms with van der Waals surface area (Å²) < 4.78 is 1.53. The summed E-state index contributed by atoms with van der Waals surface area (Å²) in [7, 11) is 0. The number of fused-ring (bicyclic) bond motifs is 1. The van der Waals surface area contributed by atoms with E-state index in [4.69, 9.17) is 5.73 Å². The van der Waals surface area contributed by atoms with Crippen LogP contribution in [0.25, 0.3) is 16.6 Å². The highest BCUT2D eigenvalue weighted by molar-refractivity contribution is 5.82. The van der Waals surface area contributed by atoms with Crippen molar-refractivity contribution < 1.29 is 0 Å². The number of hydrogen-bond donors (Lipinski definition) is 2. The molecular formula is C17H14N6. The molecule has 2 aromatic carbocycles. The number of nitrogens with zero attached hydrogens (tertiary/aromatic N) is 4. The Morgan fingerprint density at radius 2 is 1.65 bits per heavy atom. The van der Waals surface area contributed by atoms with E-state index in [0.29, 0.717) is 11.8 Å². The highest BCUT2D eigenvalue weighted by Crippen LogP contribution is 2.19. The minimum Gasteiger partial charge on any atom is -0.368 e. The van der Waals surface area contributed by atoms with Gasteiger partial charge in [0.1, 0.15) is 0 Å². The van der Waals surface area contributed by atoms with Crippen molar-refractivity contribution in [1.29, 1.82) is 0 Å². The molecule has 0 radical (unpaired) electrons. The molecule has 0 aliphatic heterocycles. The maximum Gasteiger partial charge on any atom is 0.248 e. The molecule has 0 amide bonds. The molecule has 2 aromatic heterocycles. The Hall–Kier alpha value is -3.41. The topological polar surface area (TPSA) is 81.6 Å². The number of anilines is 3. The van der Waals surface area contributed by atoms with E-state index in [0.717, 1.165) is 16.5 Å². The zero-order valence-corrected chi connectivity index (χ0v) is 12.2. The van der Waals surface area contributed by atoms with Crippen LogP contribution in [0.2, 0.25) is 0 Å². The second-order valence-electron chi connectivity index (χ2n) is 5.09. The Kier molecular flexibility index (Phi) is 3.12. The van der Waals surface area contributed by atoms with Gasteiger partial charge < -0.3 is 11.1 Å². The van der Waals surface area contributed by atoms with Crippen LogP contribution in [0.4, 0.5) is 17.6 Å². The van der Waals surface area contributed by atoms with Crippen molar-refractivity contribution in [3.63, 3.8) is 0 Å². The molecule has 0 aliphatic rings. The molecule has 0 saturated carbocycles. The Labute approximate surface area is 132 Å². The molecule has 4 rings (SSSR count). The molecule has 112 valence electrons. The lowest BCUT2D eigenvalue weighted by atomic mass is 10.2. The van der Waals surface area contributed by atoms with Crippen LogP contribution in [0.5, 0.6) is 0 Å². The smallest absolute Gasteiger partial charge is 0.248 e. The van der Waals surface area contributed by atoms with E-state index in [-0.39, 0.29) is 5.95 Å². The van der Waals surface area contributed by atoms with Crippen LogP contribution < -0.4 is 11.1 Å². The van der Waals surface area contributed by atoms with Crippen LogP contribution >= 0.6 is 0 Å². The van der Waals surface area contributed by atoms with Crippen molar-refractivity contribution in [2.75, 3.05) is 11.1 Å². The third kappa shape index (κ3) is 2.57. The molecule has 0 spiro atoms. The molecule has 0 unspecified atom stereocenters. The number of aromatic nitrogens is 4. The summed E-state index contributed by atoms with van der Waals surface area (Å²) in [5.74, 6) is 1.35. The van der Waals surface area contributed by atoms with Gasteiger partial charge in [0, 0.05) is 17.3 Å². The van der Waals surface area contributed by atoms with Crippen LogP contribution in [0, 0.1) is 0 Å². The van der Waals surface area contributed by atoms with Crippen LogP contribution in [0.1, 0.15) is 0 Å². The molecule has 2 heterocycles. The molecule has 0 bridgehead atoms. The van der Waals surface area contributed by atoms with Gasteiger partial charge in [-0.15, -0.1) is 5.10 Å². The third-order valence-electron chi connectivity index (χ3n) is 3.50. The predicted molar refractivity (Wildman–Crippen MR) is 90.8 cm³/mol. The van der Waals surface area contributed by atoms with E-state index in [2.05, 4.69) is 20.4 Å². The molecule has 4 aromatic rings. The number of nitrogens with two attached hydrogens (primary N) is 1. The quantitative estimate of drug-likeness (QED) is 0.607. The molecular weight excluding hydrogens is 288 g/mol.